The maximum Gasteiger partial charge on any atom is 0.132 e. The zero-order valence-corrected chi connectivity index (χ0v) is 19.1. The van der Waals surface area contributed by atoms with Crippen molar-refractivity contribution in [3.63, 3.8) is 0 Å². The molecule has 6 aromatic rings. The summed E-state index contributed by atoms with van der Waals surface area (Å²) in [7, 11) is 0. The average Bonchev–Trinajstić information content (AvgIpc) is 3.42. The quantitative estimate of drug-likeness (QED) is 0.221. The number of hydrogen-bond donors (Lipinski definition) is 1. The standard InChI is InChI=1S/C32H23N3/c33-27-13-7-8-14-29(27)35-31-26-19-23(21-11-5-2-6-12-21)18-25-24-17-22(20-9-3-1-4-10-20)15-16-28(24)34(30(25)26)32(31)35/h1-19,31-32H,33H2/t31?,32-,35?/m1/s1. The summed E-state index contributed by atoms with van der Waals surface area (Å²) in [5, 5.41) is 2.65. The molecule has 166 valence electrons. The van der Waals surface area contributed by atoms with Gasteiger partial charge in [0, 0.05) is 16.3 Å². The number of nitrogens with two attached hydrogens (primary N) is 1. The first-order valence-corrected chi connectivity index (χ1v) is 12.1. The van der Waals surface area contributed by atoms with E-state index in [2.05, 4.69) is 113 Å². The smallest absolute Gasteiger partial charge is 0.132 e. The molecule has 35 heavy (non-hydrogen) atoms. The molecule has 0 saturated carbocycles. The lowest BCUT2D eigenvalue weighted by Crippen LogP contribution is -2.06. The van der Waals surface area contributed by atoms with Crippen LogP contribution in [0.25, 0.3) is 44.1 Å². The Kier molecular flexibility index (Phi) is 3.65. The molecule has 8 rings (SSSR count). The Morgan fingerprint density at radius 1 is 0.571 bits per heavy atom. The molecule has 3 heteroatoms. The minimum Gasteiger partial charge on any atom is -0.397 e. The fraction of sp³-hybridized carbons (Fsp3) is 0.0625. The van der Waals surface area contributed by atoms with Crippen molar-refractivity contribution in [3.8, 4) is 22.3 Å². The number of para-hydroxylation sites is 2. The maximum atomic E-state index is 6.42. The monoisotopic (exact) mass is 449 g/mol. The van der Waals surface area contributed by atoms with Crippen LogP contribution in [-0.2, 0) is 0 Å². The molecule has 1 fully saturated rings. The highest BCUT2D eigenvalue weighted by atomic mass is 15.5. The summed E-state index contributed by atoms with van der Waals surface area (Å²) in [5.74, 6) is 0. The summed E-state index contributed by atoms with van der Waals surface area (Å²) < 4.78 is 2.54. The van der Waals surface area contributed by atoms with Crippen LogP contribution in [0, 0.1) is 0 Å². The van der Waals surface area contributed by atoms with E-state index in [4.69, 9.17) is 5.73 Å². The summed E-state index contributed by atoms with van der Waals surface area (Å²) in [6.07, 6.45) is 0.267. The van der Waals surface area contributed by atoms with Gasteiger partial charge in [-0.1, -0.05) is 78.9 Å². The van der Waals surface area contributed by atoms with Crippen molar-refractivity contribution in [2.75, 3.05) is 10.6 Å². The maximum absolute atomic E-state index is 6.42. The third kappa shape index (κ3) is 2.55. The molecule has 0 bridgehead atoms. The van der Waals surface area contributed by atoms with Crippen molar-refractivity contribution < 1.29 is 0 Å². The van der Waals surface area contributed by atoms with Crippen molar-refractivity contribution in [2.45, 2.75) is 12.2 Å². The van der Waals surface area contributed by atoms with E-state index in [0.29, 0.717) is 6.04 Å². The van der Waals surface area contributed by atoms with Gasteiger partial charge in [-0.2, -0.15) is 0 Å². The molecule has 5 aromatic carbocycles. The molecule has 0 radical (unpaired) electrons. The lowest BCUT2D eigenvalue weighted by atomic mass is 9.97. The van der Waals surface area contributed by atoms with Crippen LogP contribution in [0.4, 0.5) is 11.4 Å². The van der Waals surface area contributed by atoms with E-state index in [1.54, 1.807) is 0 Å². The van der Waals surface area contributed by atoms with Gasteiger partial charge in [-0.25, -0.2) is 0 Å². The lowest BCUT2D eigenvalue weighted by Gasteiger charge is -2.15. The molecule has 0 aliphatic carbocycles. The Labute approximate surface area is 203 Å². The molecule has 2 aliphatic heterocycles. The zero-order chi connectivity index (χ0) is 23.1. The van der Waals surface area contributed by atoms with Crippen LogP contribution >= 0.6 is 0 Å². The number of anilines is 2. The molecule has 3 heterocycles. The molecule has 1 unspecified atom stereocenters. The van der Waals surface area contributed by atoms with E-state index < -0.39 is 0 Å². The van der Waals surface area contributed by atoms with Crippen molar-refractivity contribution in [3.05, 3.63) is 121 Å². The highest BCUT2D eigenvalue weighted by Gasteiger charge is 2.57. The number of fused-ring (bicyclic) bond motifs is 6. The number of hydrogen-bond acceptors (Lipinski definition) is 2. The van der Waals surface area contributed by atoms with Crippen LogP contribution in [0.5, 0.6) is 0 Å². The van der Waals surface area contributed by atoms with Gasteiger partial charge < -0.3 is 15.2 Å². The van der Waals surface area contributed by atoms with Crippen molar-refractivity contribution in [2.24, 2.45) is 0 Å². The minimum absolute atomic E-state index is 0.267. The lowest BCUT2D eigenvalue weighted by molar-refractivity contribution is 0.808. The summed E-state index contributed by atoms with van der Waals surface area (Å²) >= 11 is 0. The first-order valence-electron chi connectivity index (χ1n) is 12.1. The van der Waals surface area contributed by atoms with Crippen molar-refractivity contribution in [1.82, 2.24) is 4.57 Å². The summed E-state index contributed by atoms with van der Waals surface area (Å²) in [4.78, 5) is 2.47. The minimum atomic E-state index is 0.267. The fourth-order valence-electron chi connectivity index (χ4n) is 6.13. The summed E-state index contributed by atoms with van der Waals surface area (Å²) in [6, 6.07) is 41.6. The highest BCUT2D eigenvalue weighted by molar-refractivity contribution is 6.13. The number of rotatable bonds is 3. The molecule has 0 spiro atoms. The van der Waals surface area contributed by atoms with Gasteiger partial charge in [-0.3, -0.25) is 0 Å². The zero-order valence-electron chi connectivity index (χ0n) is 19.1. The Morgan fingerprint density at radius 3 is 1.97 bits per heavy atom. The number of nitrogen functional groups attached to an aromatic ring is 1. The molecule has 2 atom stereocenters. The Balaban J connectivity index is 1.41. The highest BCUT2D eigenvalue weighted by Crippen LogP contribution is 2.64. The van der Waals surface area contributed by atoms with Crippen LogP contribution in [0.3, 0.4) is 0 Å². The number of benzene rings is 5. The molecule has 1 saturated heterocycles. The van der Waals surface area contributed by atoms with Crippen LogP contribution in [0.1, 0.15) is 17.8 Å². The third-order valence-electron chi connectivity index (χ3n) is 7.72. The van der Waals surface area contributed by atoms with Gasteiger partial charge in [0.2, 0.25) is 0 Å². The molecule has 3 nitrogen and oxygen atoms in total. The van der Waals surface area contributed by atoms with Gasteiger partial charge in [-0.05, 0) is 58.7 Å². The normalized spacial score (nSPS) is 17.8. The van der Waals surface area contributed by atoms with Gasteiger partial charge in [0.15, 0.2) is 0 Å². The van der Waals surface area contributed by atoms with E-state index >= 15 is 0 Å². The second kappa shape index (κ2) is 6.77. The van der Waals surface area contributed by atoms with Crippen molar-refractivity contribution >= 4 is 33.2 Å². The largest absolute Gasteiger partial charge is 0.397 e. The molecular weight excluding hydrogens is 426 g/mol. The Morgan fingerprint density at radius 2 is 1.23 bits per heavy atom. The van der Waals surface area contributed by atoms with E-state index in [9.17, 15) is 0 Å². The third-order valence-corrected chi connectivity index (χ3v) is 7.72. The van der Waals surface area contributed by atoms with Gasteiger partial charge in [-0.15, -0.1) is 0 Å². The Hall–Kier alpha value is -4.50. The van der Waals surface area contributed by atoms with Crippen LogP contribution in [0.15, 0.2) is 115 Å². The van der Waals surface area contributed by atoms with Gasteiger partial charge in [0.05, 0.1) is 28.5 Å². The predicted octanol–water partition coefficient (Wildman–Crippen LogP) is 7.78. The molecule has 0 amide bonds. The molecule has 1 aromatic heterocycles. The van der Waals surface area contributed by atoms with Crippen LogP contribution < -0.4 is 10.6 Å². The van der Waals surface area contributed by atoms with Crippen LogP contribution in [0.2, 0.25) is 0 Å². The van der Waals surface area contributed by atoms with Gasteiger partial charge in [0.25, 0.3) is 0 Å². The summed E-state index contributed by atoms with van der Waals surface area (Å²) in [6.45, 7) is 0. The van der Waals surface area contributed by atoms with Gasteiger partial charge >= 0.3 is 0 Å². The average molecular weight is 450 g/mol. The summed E-state index contributed by atoms with van der Waals surface area (Å²) in [5.41, 5.74) is 17.4. The van der Waals surface area contributed by atoms with Crippen LogP contribution in [-0.4, -0.2) is 4.57 Å². The second-order valence-electron chi connectivity index (χ2n) is 9.62. The fourth-order valence-corrected chi connectivity index (χ4v) is 6.13. The first-order chi connectivity index (χ1) is 17.3. The Bertz CT molecular complexity index is 1770. The first kappa shape index (κ1) is 18.9. The van der Waals surface area contributed by atoms with E-state index in [0.717, 1.165) is 11.4 Å². The van der Waals surface area contributed by atoms with E-state index in [1.165, 1.54) is 49.6 Å². The van der Waals surface area contributed by atoms with Crippen molar-refractivity contribution in [1.29, 1.82) is 0 Å². The number of aromatic nitrogens is 1. The predicted molar refractivity (Wildman–Crippen MR) is 145 cm³/mol. The molecular formula is C32H23N3. The van der Waals surface area contributed by atoms with E-state index in [-0.39, 0.29) is 6.17 Å². The molecule has 2 N–H and O–H groups in total. The SMILES string of the molecule is Nc1ccccc1N1C2c3cc(-c4ccccc4)cc4c5cc(-c6ccccc6)ccc5n(c34)[C@@H]21. The van der Waals surface area contributed by atoms with E-state index in [1.807, 2.05) is 12.1 Å². The number of nitrogens with zero attached hydrogens (tertiary/aromatic N) is 2. The topological polar surface area (TPSA) is 34.0 Å². The second-order valence-corrected chi connectivity index (χ2v) is 9.62. The molecule has 2 aliphatic rings. The van der Waals surface area contributed by atoms with Gasteiger partial charge in [0.1, 0.15) is 6.17 Å².